The zero-order valence-corrected chi connectivity index (χ0v) is 19.2. The minimum Gasteiger partial charge on any atom is -0.487 e. The van der Waals surface area contributed by atoms with Crippen LogP contribution in [0.15, 0.2) is 47.4 Å². The molecule has 0 saturated heterocycles. The molecule has 2 rings (SSSR count). The Bertz CT molecular complexity index is 872. The van der Waals surface area contributed by atoms with Gasteiger partial charge in [-0.05, 0) is 66.7 Å². The maximum absolute atomic E-state index is 12.7. The Hall–Kier alpha value is -1.92. The summed E-state index contributed by atoms with van der Waals surface area (Å²) in [4.78, 5) is 13.6. The second-order valence-electron chi connectivity index (χ2n) is 7.96. The van der Waals surface area contributed by atoms with E-state index in [1.807, 2.05) is 32.9 Å². The molecule has 0 fully saturated rings. The Kier molecular flexibility index (Phi) is 7.23. The van der Waals surface area contributed by atoms with Gasteiger partial charge in [0.2, 0.25) is 0 Å². The fourth-order valence-corrected chi connectivity index (χ4v) is 4.30. The van der Waals surface area contributed by atoms with E-state index in [4.69, 9.17) is 20.7 Å². The molecule has 0 saturated carbocycles. The predicted molar refractivity (Wildman–Crippen MR) is 119 cm³/mol. The van der Waals surface area contributed by atoms with Crippen LogP contribution in [0, 0.1) is 6.92 Å². The van der Waals surface area contributed by atoms with E-state index in [0.29, 0.717) is 11.5 Å². The Morgan fingerprint density at radius 3 is 2.25 bits per heavy atom. The fraction of sp³-hybridized carbons (Fsp3) is 0.409. The summed E-state index contributed by atoms with van der Waals surface area (Å²) < 4.78 is 12.7. The Morgan fingerprint density at radius 2 is 1.71 bits per heavy atom. The van der Waals surface area contributed by atoms with Gasteiger partial charge in [-0.2, -0.15) is 0 Å². The van der Waals surface area contributed by atoms with Gasteiger partial charge in [-0.1, -0.05) is 45.0 Å². The standard InChI is InChI=1S/C22H29NO3S2/c1-15(2)25-18-10-8-9-11-19(18)26-21(24)23(7)28(27)20-13-12-17(14-16(20)3)22(4,5)6/h8-15H,1-7H3. The van der Waals surface area contributed by atoms with Crippen LogP contribution < -0.4 is 9.47 Å². The van der Waals surface area contributed by atoms with Crippen molar-refractivity contribution in [3.05, 3.63) is 53.6 Å². The van der Waals surface area contributed by atoms with Crippen molar-refractivity contribution < 1.29 is 14.3 Å². The lowest BCUT2D eigenvalue weighted by Gasteiger charge is -2.23. The molecule has 2 aromatic rings. The van der Waals surface area contributed by atoms with Gasteiger partial charge in [0.25, 0.3) is 0 Å². The number of hydrogen-bond donors (Lipinski definition) is 0. The smallest absolute Gasteiger partial charge is 0.425 e. The van der Waals surface area contributed by atoms with Crippen molar-refractivity contribution in [3.8, 4) is 11.5 Å². The molecule has 0 N–H and O–H groups in total. The molecule has 1 unspecified atom stereocenters. The second-order valence-corrected chi connectivity index (χ2v) is 10.4. The van der Waals surface area contributed by atoms with Crippen molar-refractivity contribution in [1.82, 2.24) is 4.31 Å². The lowest BCUT2D eigenvalue weighted by Crippen LogP contribution is -2.31. The zero-order chi connectivity index (χ0) is 21.1. The van der Waals surface area contributed by atoms with Crippen LogP contribution in [0.25, 0.3) is 0 Å². The van der Waals surface area contributed by atoms with Crippen LogP contribution in [-0.4, -0.2) is 23.6 Å². The van der Waals surface area contributed by atoms with Crippen LogP contribution in [-0.2, 0) is 26.2 Å². The SMILES string of the molecule is Cc1cc(C(C)(C)C)ccc1S(=S)N(C)C(=O)Oc1ccccc1OC(C)C. The van der Waals surface area contributed by atoms with Gasteiger partial charge in [0.15, 0.2) is 11.5 Å². The van der Waals surface area contributed by atoms with Crippen LogP contribution in [0.4, 0.5) is 4.79 Å². The highest BCUT2D eigenvalue weighted by Gasteiger charge is 2.21. The van der Waals surface area contributed by atoms with Gasteiger partial charge in [0, 0.05) is 21.6 Å². The number of benzene rings is 2. The number of rotatable bonds is 5. The first-order valence-corrected chi connectivity index (χ1v) is 11.4. The number of para-hydroxylation sites is 2. The lowest BCUT2D eigenvalue weighted by atomic mass is 9.86. The first-order valence-electron chi connectivity index (χ1n) is 9.25. The molecule has 0 radical (unpaired) electrons. The Labute approximate surface area is 175 Å². The normalized spacial score (nSPS) is 12.6. The maximum atomic E-state index is 12.7. The first kappa shape index (κ1) is 22.4. The molecule has 0 spiro atoms. The number of hydrogen-bond acceptors (Lipinski definition) is 4. The molecule has 152 valence electrons. The molecule has 0 aliphatic rings. The number of carbonyl (C=O) groups is 1. The molecule has 4 nitrogen and oxygen atoms in total. The quantitative estimate of drug-likeness (QED) is 0.635. The highest BCUT2D eigenvalue weighted by Crippen LogP contribution is 2.29. The Balaban J connectivity index is 2.19. The minimum atomic E-state index is -0.845. The van der Waals surface area contributed by atoms with Crippen LogP contribution >= 0.6 is 0 Å². The average molecular weight is 420 g/mol. The molecule has 0 heterocycles. The van der Waals surface area contributed by atoms with Crippen molar-refractivity contribution in [3.63, 3.8) is 0 Å². The molecule has 1 atom stereocenters. The van der Waals surface area contributed by atoms with E-state index in [-0.39, 0.29) is 11.5 Å². The van der Waals surface area contributed by atoms with Gasteiger partial charge < -0.3 is 9.47 Å². The summed E-state index contributed by atoms with van der Waals surface area (Å²) in [5.41, 5.74) is 2.38. The first-order chi connectivity index (χ1) is 13.0. The summed E-state index contributed by atoms with van der Waals surface area (Å²) >= 11 is 5.67. The number of carbonyl (C=O) groups excluding carboxylic acids is 1. The summed E-state index contributed by atoms with van der Waals surface area (Å²) in [5, 5.41) is 0. The summed E-state index contributed by atoms with van der Waals surface area (Å²) in [6.45, 7) is 12.4. The van der Waals surface area contributed by atoms with Gasteiger partial charge >= 0.3 is 6.09 Å². The molecule has 0 aromatic heterocycles. The molecule has 2 aromatic carbocycles. The molecular formula is C22H29NO3S2. The maximum Gasteiger partial charge on any atom is 0.425 e. The van der Waals surface area contributed by atoms with Crippen LogP contribution in [0.3, 0.4) is 0 Å². The van der Waals surface area contributed by atoms with Crippen molar-refractivity contribution >= 4 is 26.9 Å². The number of nitrogens with zero attached hydrogens (tertiary/aromatic N) is 1. The topological polar surface area (TPSA) is 38.8 Å². The third kappa shape index (κ3) is 5.55. The van der Waals surface area contributed by atoms with Gasteiger partial charge in [-0.25, -0.2) is 9.10 Å². The Morgan fingerprint density at radius 1 is 1.11 bits per heavy atom. The highest BCUT2D eigenvalue weighted by atomic mass is 32.8. The van der Waals surface area contributed by atoms with E-state index in [2.05, 4.69) is 32.9 Å². The van der Waals surface area contributed by atoms with Gasteiger partial charge in [0.1, 0.15) is 0 Å². The van der Waals surface area contributed by atoms with Gasteiger partial charge in [-0.3, -0.25) is 0 Å². The molecule has 1 amide bonds. The van der Waals surface area contributed by atoms with E-state index < -0.39 is 15.7 Å². The summed E-state index contributed by atoms with van der Waals surface area (Å²) in [6, 6.07) is 13.4. The van der Waals surface area contributed by atoms with Crippen LogP contribution in [0.2, 0.25) is 0 Å². The number of ether oxygens (including phenoxy) is 2. The molecule has 6 heteroatoms. The zero-order valence-electron chi connectivity index (χ0n) is 17.6. The molecular weight excluding hydrogens is 390 g/mol. The second kappa shape index (κ2) is 9.05. The molecule has 28 heavy (non-hydrogen) atoms. The van der Waals surface area contributed by atoms with Gasteiger partial charge in [0.05, 0.1) is 6.10 Å². The van der Waals surface area contributed by atoms with Crippen LogP contribution in [0.5, 0.6) is 11.5 Å². The molecule has 0 aliphatic carbocycles. The molecule has 0 aliphatic heterocycles. The van der Waals surface area contributed by atoms with Crippen LogP contribution in [0.1, 0.15) is 45.7 Å². The fourth-order valence-electron chi connectivity index (χ4n) is 2.57. The van der Waals surface area contributed by atoms with Crippen molar-refractivity contribution in [2.45, 2.75) is 58.0 Å². The van der Waals surface area contributed by atoms with Gasteiger partial charge in [-0.15, -0.1) is 0 Å². The minimum absolute atomic E-state index is 0.0184. The number of aryl methyl sites for hydroxylation is 1. The number of amides is 1. The van der Waals surface area contributed by atoms with E-state index in [9.17, 15) is 4.79 Å². The molecule has 0 bridgehead atoms. The van der Waals surface area contributed by atoms with Crippen molar-refractivity contribution in [1.29, 1.82) is 0 Å². The average Bonchev–Trinajstić information content (AvgIpc) is 2.60. The highest BCUT2D eigenvalue weighted by molar-refractivity contribution is 8.27. The van der Waals surface area contributed by atoms with E-state index in [1.54, 1.807) is 25.2 Å². The third-order valence-corrected chi connectivity index (χ3v) is 6.83. The lowest BCUT2D eigenvalue weighted by molar-refractivity contribution is 0.180. The summed E-state index contributed by atoms with van der Waals surface area (Å²) in [5.74, 6) is 0.925. The monoisotopic (exact) mass is 419 g/mol. The summed E-state index contributed by atoms with van der Waals surface area (Å²) in [6.07, 6.45) is -0.521. The van der Waals surface area contributed by atoms with E-state index >= 15 is 0 Å². The van der Waals surface area contributed by atoms with Crippen molar-refractivity contribution in [2.75, 3.05) is 7.05 Å². The largest absolute Gasteiger partial charge is 0.487 e. The summed E-state index contributed by atoms with van der Waals surface area (Å²) in [7, 11) is 0.824. The van der Waals surface area contributed by atoms with E-state index in [0.717, 1.165) is 10.5 Å². The third-order valence-electron chi connectivity index (χ3n) is 4.14. The van der Waals surface area contributed by atoms with Crippen molar-refractivity contribution in [2.24, 2.45) is 0 Å². The predicted octanol–water partition coefficient (Wildman–Crippen LogP) is 5.56. The van der Waals surface area contributed by atoms with E-state index in [1.165, 1.54) is 9.87 Å².